The van der Waals surface area contributed by atoms with Crippen LogP contribution in [-0.4, -0.2) is 15.5 Å². The molecule has 146 valence electrons. The van der Waals surface area contributed by atoms with Gasteiger partial charge in [0.1, 0.15) is 5.82 Å². The fourth-order valence-corrected chi connectivity index (χ4v) is 3.53. The van der Waals surface area contributed by atoms with Crippen molar-refractivity contribution in [2.75, 3.05) is 0 Å². The van der Waals surface area contributed by atoms with E-state index in [1.807, 2.05) is 43.3 Å². The predicted molar refractivity (Wildman–Crippen MR) is 116 cm³/mol. The number of benzene rings is 2. The van der Waals surface area contributed by atoms with Crippen molar-refractivity contribution in [2.45, 2.75) is 46.2 Å². The van der Waals surface area contributed by atoms with Gasteiger partial charge < -0.3 is 9.88 Å². The van der Waals surface area contributed by atoms with Gasteiger partial charge in [0, 0.05) is 12.5 Å². The van der Waals surface area contributed by atoms with Crippen LogP contribution in [0.5, 0.6) is 0 Å². The molecular formula is C24H29N3O. The number of hydrogen-bond donors (Lipinski definition) is 1. The number of aromatic nitrogens is 2. The minimum absolute atomic E-state index is 0.0539. The van der Waals surface area contributed by atoms with Crippen molar-refractivity contribution in [3.63, 3.8) is 0 Å². The number of para-hydroxylation sites is 2. The van der Waals surface area contributed by atoms with Crippen LogP contribution in [0.4, 0.5) is 0 Å². The van der Waals surface area contributed by atoms with Crippen LogP contribution in [-0.2, 0) is 11.3 Å². The molecule has 0 saturated carbocycles. The summed E-state index contributed by atoms with van der Waals surface area (Å²) in [4.78, 5) is 17.4. The number of fused-ring (bicyclic) bond motifs is 1. The van der Waals surface area contributed by atoms with Gasteiger partial charge in [-0.05, 0) is 37.5 Å². The number of carbonyl (C=O) groups excluding carboxylic acids is 1. The van der Waals surface area contributed by atoms with Crippen LogP contribution < -0.4 is 5.32 Å². The highest BCUT2D eigenvalue weighted by Gasteiger charge is 2.21. The smallest absolute Gasteiger partial charge is 0.223 e. The zero-order valence-electron chi connectivity index (χ0n) is 16.9. The van der Waals surface area contributed by atoms with Crippen LogP contribution in [0.3, 0.4) is 0 Å². The molecule has 4 nitrogen and oxygen atoms in total. The molecule has 0 aliphatic heterocycles. The van der Waals surface area contributed by atoms with Crippen LogP contribution >= 0.6 is 0 Å². The lowest BCUT2D eigenvalue weighted by atomic mass is 10.0. The summed E-state index contributed by atoms with van der Waals surface area (Å²) in [5.41, 5.74) is 3.21. The Morgan fingerprint density at radius 3 is 2.46 bits per heavy atom. The van der Waals surface area contributed by atoms with Gasteiger partial charge in [0.2, 0.25) is 5.91 Å². The Kier molecular flexibility index (Phi) is 6.64. The average molecular weight is 376 g/mol. The van der Waals surface area contributed by atoms with Crippen LogP contribution in [0.1, 0.15) is 51.0 Å². The molecule has 1 heterocycles. The SMILES string of the molecule is CCC(CC)C(=O)NC(C)c1nc2ccccc2n1C/C=C/c1ccccc1. The summed E-state index contributed by atoms with van der Waals surface area (Å²) in [6.45, 7) is 6.83. The van der Waals surface area contributed by atoms with Crippen molar-refractivity contribution < 1.29 is 4.79 Å². The minimum atomic E-state index is -0.148. The fraction of sp³-hybridized carbons (Fsp3) is 0.333. The van der Waals surface area contributed by atoms with E-state index in [4.69, 9.17) is 4.98 Å². The Morgan fingerprint density at radius 2 is 1.75 bits per heavy atom. The maximum absolute atomic E-state index is 12.6. The summed E-state index contributed by atoms with van der Waals surface area (Å²) < 4.78 is 2.19. The molecule has 0 radical (unpaired) electrons. The van der Waals surface area contributed by atoms with Gasteiger partial charge in [-0.25, -0.2) is 4.98 Å². The normalized spacial score (nSPS) is 12.7. The third-order valence-electron chi connectivity index (χ3n) is 5.18. The van der Waals surface area contributed by atoms with E-state index in [1.165, 1.54) is 5.56 Å². The molecule has 0 aliphatic carbocycles. The Labute approximate surface area is 167 Å². The molecule has 0 saturated heterocycles. The second-order valence-electron chi connectivity index (χ2n) is 7.13. The van der Waals surface area contributed by atoms with Gasteiger partial charge >= 0.3 is 0 Å². The van der Waals surface area contributed by atoms with Gasteiger partial charge in [0.25, 0.3) is 0 Å². The zero-order valence-corrected chi connectivity index (χ0v) is 16.9. The number of nitrogens with zero attached hydrogens (tertiary/aromatic N) is 2. The summed E-state index contributed by atoms with van der Waals surface area (Å²) in [6, 6.07) is 18.2. The first-order valence-corrected chi connectivity index (χ1v) is 10.1. The molecule has 0 fully saturated rings. The van der Waals surface area contributed by atoms with E-state index in [0.29, 0.717) is 6.54 Å². The Balaban J connectivity index is 1.86. The van der Waals surface area contributed by atoms with E-state index in [-0.39, 0.29) is 17.9 Å². The van der Waals surface area contributed by atoms with Gasteiger partial charge in [0.15, 0.2) is 0 Å². The van der Waals surface area contributed by atoms with Crippen LogP contribution in [0.2, 0.25) is 0 Å². The van der Waals surface area contributed by atoms with E-state index in [1.54, 1.807) is 0 Å². The summed E-state index contributed by atoms with van der Waals surface area (Å²) >= 11 is 0. The van der Waals surface area contributed by atoms with Crippen molar-refractivity contribution in [1.29, 1.82) is 0 Å². The topological polar surface area (TPSA) is 46.9 Å². The molecule has 1 aromatic heterocycles. The number of hydrogen-bond acceptors (Lipinski definition) is 2. The number of allylic oxidation sites excluding steroid dienone is 1. The number of carbonyl (C=O) groups is 1. The quantitative estimate of drug-likeness (QED) is 0.576. The molecule has 1 N–H and O–H groups in total. The largest absolute Gasteiger partial charge is 0.346 e. The molecule has 1 atom stereocenters. The molecule has 0 aliphatic rings. The summed E-state index contributed by atoms with van der Waals surface area (Å²) in [5.74, 6) is 1.05. The lowest BCUT2D eigenvalue weighted by molar-refractivity contribution is -0.125. The van der Waals surface area contributed by atoms with Gasteiger partial charge in [-0.1, -0.05) is 68.5 Å². The van der Waals surface area contributed by atoms with E-state index in [2.05, 4.69) is 54.1 Å². The predicted octanol–water partition coefficient (Wildman–Crippen LogP) is 5.36. The molecule has 0 spiro atoms. The standard InChI is InChI=1S/C24H29N3O/c1-4-20(5-2)24(28)25-18(3)23-26-21-15-9-10-16-22(21)27(23)17-11-14-19-12-7-6-8-13-19/h6-16,18,20H,4-5,17H2,1-3H3,(H,25,28)/b14-11+. The molecule has 3 aromatic rings. The molecule has 1 amide bonds. The summed E-state index contributed by atoms with van der Waals surface area (Å²) in [5, 5.41) is 3.16. The first-order valence-electron chi connectivity index (χ1n) is 10.1. The van der Waals surface area contributed by atoms with Crippen LogP contribution in [0.15, 0.2) is 60.7 Å². The highest BCUT2D eigenvalue weighted by Crippen LogP contribution is 2.22. The third kappa shape index (κ3) is 4.50. The van der Waals surface area contributed by atoms with Crippen molar-refractivity contribution in [1.82, 2.24) is 14.9 Å². The molecule has 3 rings (SSSR count). The van der Waals surface area contributed by atoms with Gasteiger partial charge in [-0.2, -0.15) is 0 Å². The zero-order chi connectivity index (χ0) is 19.9. The number of rotatable bonds is 8. The molecule has 1 unspecified atom stereocenters. The van der Waals surface area contributed by atoms with Gasteiger partial charge in [-0.15, -0.1) is 0 Å². The molecule has 2 aromatic carbocycles. The maximum Gasteiger partial charge on any atom is 0.223 e. The highest BCUT2D eigenvalue weighted by atomic mass is 16.1. The fourth-order valence-electron chi connectivity index (χ4n) is 3.53. The van der Waals surface area contributed by atoms with Crippen molar-refractivity contribution in [3.05, 3.63) is 72.1 Å². The average Bonchev–Trinajstić information content (AvgIpc) is 3.09. The molecular weight excluding hydrogens is 346 g/mol. The van der Waals surface area contributed by atoms with E-state index in [9.17, 15) is 4.79 Å². The minimum Gasteiger partial charge on any atom is -0.346 e. The van der Waals surface area contributed by atoms with E-state index in [0.717, 1.165) is 29.7 Å². The van der Waals surface area contributed by atoms with Crippen molar-refractivity contribution >= 4 is 23.0 Å². The van der Waals surface area contributed by atoms with Crippen LogP contribution in [0, 0.1) is 5.92 Å². The molecule has 4 heteroatoms. The second kappa shape index (κ2) is 9.36. The monoisotopic (exact) mass is 375 g/mol. The van der Waals surface area contributed by atoms with Crippen molar-refractivity contribution in [3.8, 4) is 0 Å². The molecule has 0 bridgehead atoms. The lowest BCUT2D eigenvalue weighted by Crippen LogP contribution is -2.33. The number of amides is 1. The molecule has 28 heavy (non-hydrogen) atoms. The van der Waals surface area contributed by atoms with E-state index >= 15 is 0 Å². The Morgan fingerprint density at radius 1 is 1.07 bits per heavy atom. The van der Waals surface area contributed by atoms with E-state index < -0.39 is 0 Å². The van der Waals surface area contributed by atoms with Crippen molar-refractivity contribution in [2.24, 2.45) is 5.92 Å². The number of nitrogens with one attached hydrogen (secondary N) is 1. The highest BCUT2D eigenvalue weighted by molar-refractivity contribution is 5.79. The van der Waals surface area contributed by atoms with Gasteiger partial charge in [-0.3, -0.25) is 4.79 Å². The maximum atomic E-state index is 12.6. The third-order valence-corrected chi connectivity index (χ3v) is 5.18. The number of imidazole rings is 1. The van der Waals surface area contributed by atoms with Gasteiger partial charge in [0.05, 0.1) is 17.1 Å². The van der Waals surface area contributed by atoms with Crippen LogP contribution in [0.25, 0.3) is 17.1 Å². The Bertz CT molecular complexity index is 939. The lowest BCUT2D eigenvalue weighted by Gasteiger charge is -2.19. The summed E-state index contributed by atoms with van der Waals surface area (Å²) in [6.07, 6.45) is 5.96. The first-order chi connectivity index (χ1) is 13.6. The first kappa shape index (κ1) is 19.9. The summed E-state index contributed by atoms with van der Waals surface area (Å²) in [7, 11) is 0. The second-order valence-corrected chi connectivity index (χ2v) is 7.13. The Hall–Kier alpha value is -2.88.